The monoisotopic (exact) mass is 950 g/mol. The van der Waals surface area contributed by atoms with Gasteiger partial charge in [-0.25, -0.2) is 0 Å². The number of esters is 1. The van der Waals surface area contributed by atoms with Crippen LogP contribution < -0.4 is 5.32 Å². The van der Waals surface area contributed by atoms with E-state index in [2.05, 4.69) is 43.5 Å². The number of amides is 1. The summed E-state index contributed by atoms with van der Waals surface area (Å²) >= 11 is 0. The Bertz CT molecular complexity index is 1210. The number of aliphatic hydroxyl groups excluding tert-OH is 5. The number of aliphatic hydroxyl groups is 5. The molecule has 1 fully saturated rings. The fourth-order valence-corrected chi connectivity index (χ4v) is 8.52. The van der Waals surface area contributed by atoms with Gasteiger partial charge in [0.25, 0.3) is 0 Å². The summed E-state index contributed by atoms with van der Waals surface area (Å²) in [6, 6.07) is -0.844. The van der Waals surface area contributed by atoms with Crippen molar-refractivity contribution in [1.29, 1.82) is 0 Å². The second-order valence-corrected chi connectivity index (χ2v) is 19.3. The molecule has 0 aromatic carbocycles. The van der Waals surface area contributed by atoms with E-state index < -0.39 is 49.5 Å². The highest BCUT2D eigenvalue weighted by molar-refractivity contribution is 5.76. The summed E-state index contributed by atoms with van der Waals surface area (Å²) in [7, 11) is 0. The van der Waals surface area contributed by atoms with Crippen LogP contribution in [0, 0.1) is 0 Å². The molecule has 7 unspecified atom stereocenters. The van der Waals surface area contributed by atoms with E-state index in [0.717, 1.165) is 83.5 Å². The van der Waals surface area contributed by atoms with Gasteiger partial charge in [0.05, 0.1) is 32.0 Å². The van der Waals surface area contributed by atoms with E-state index >= 15 is 0 Å². The molecule has 0 aromatic heterocycles. The van der Waals surface area contributed by atoms with Crippen molar-refractivity contribution in [3.05, 3.63) is 36.5 Å². The average molecular weight is 950 g/mol. The van der Waals surface area contributed by atoms with Crippen LogP contribution in [0.3, 0.4) is 0 Å². The lowest BCUT2D eigenvalue weighted by Crippen LogP contribution is -2.60. The highest BCUT2D eigenvalue weighted by Crippen LogP contribution is 2.23. The van der Waals surface area contributed by atoms with Crippen LogP contribution >= 0.6 is 0 Å². The van der Waals surface area contributed by atoms with Crippen molar-refractivity contribution in [2.45, 2.75) is 288 Å². The lowest BCUT2D eigenvalue weighted by molar-refractivity contribution is -0.302. The maximum absolute atomic E-state index is 13.0. The minimum Gasteiger partial charge on any atom is -0.466 e. The summed E-state index contributed by atoms with van der Waals surface area (Å²) in [6.07, 6.45) is 45.0. The van der Waals surface area contributed by atoms with Crippen LogP contribution in [-0.4, -0.2) is 100 Å². The van der Waals surface area contributed by atoms with Crippen LogP contribution in [0.2, 0.25) is 0 Å². The summed E-state index contributed by atoms with van der Waals surface area (Å²) in [4.78, 5) is 25.1. The number of unbranched alkanes of at least 4 members (excludes halogenated alkanes) is 29. The van der Waals surface area contributed by atoms with Gasteiger partial charge < -0.3 is 45.1 Å². The van der Waals surface area contributed by atoms with E-state index in [4.69, 9.17) is 14.2 Å². The van der Waals surface area contributed by atoms with Gasteiger partial charge in [-0.3, -0.25) is 9.59 Å². The van der Waals surface area contributed by atoms with Crippen molar-refractivity contribution < 1.29 is 49.3 Å². The third-order valence-electron chi connectivity index (χ3n) is 13.0. The second-order valence-electron chi connectivity index (χ2n) is 19.3. The molecule has 0 radical (unpaired) electrons. The molecule has 1 amide bonds. The van der Waals surface area contributed by atoms with E-state index in [9.17, 15) is 35.1 Å². The first-order chi connectivity index (χ1) is 32.7. The van der Waals surface area contributed by atoms with Gasteiger partial charge in [0.2, 0.25) is 5.91 Å². The first-order valence-corrected chi connectivity index (χ1v) is 27.8. The van der Waals surface area contributed by atoms with Crippen LogP contribution in [0.15, 0.2) is 36.5 Å². The Labute approximate surface area is 409 Å². The smallest absolute Gasteiger partial charge is 0.305 e. The highest BCUT2D eigenvalue weighted by atomic mass is 16.7. The summed E-state index contributed by atoms with van der Waals surface area (Å²) in [6.45, 7) is 4.26. The first-order valence-electron chi connectivity index (χ1n) is 27.8. The highest BCUT2D eigenvalue weighted by Gasteiger charge is 2.44. The number of hydrogen-bond acceptors (Lipinski definition) is 10. The van der Waals surface area contributed by atoms with E-state index in [-0.39, 0.29) is 18.5 Å². The molecule has 0 aliphatic carbocycles. The molecule has 0 bridgehead atoms. The molecule has 392 valence electrons. The maximum atomic E-state index is 13.0. The van der Waals surface area contributed by atoms with Crippen LogP contribution in [0.1, 0.15) is 245 Å². The van der Waals surface area contributed by atoms with Gasteiger partial charge in [-0.05, 0) is 57.8 Å². The molecule has 1 aliphatic heterocycles. The Kier molecular flexibility index (Phi) is 43.4. The van der Waals surface area contributed by atoms with E-state index in [1.165, 1.54) is 135 Å². The van der Waals surface area contributed by atoms with Gasteiger partial charge in [-0.15, -0.1) is 0 Å². The van der Waals surface area contributed by atoms with Crippen molar-refractivity contribution in [2.24, 2.45) is 0 Å². The minimum absolute atomic E-state index is 0.0299. The number of rotatable bonds is 47. The molecule has 11 heteroatoms. The summed E-state index contributed by atoms with van der Waals surface area (Å²) in [5.41, 5.74) is 0. The SMILES string of the molecule is CCCCCCC/C=C/CC/C=C/CC/C=C/C(O)C(COC1OC(CO)C(O)C(O)C1O)NC(=O)CCCCCCCCCCCCCCCOC(=O)CCCCCCCCCCCCC. The normalized spacial score (nSPS) is 19.8. The molecular formula is C56H103NO10. The fraction of sp³-hybridized carbons (Fsp3) is 0.857. The van der Waals surface area contributed by atoms with Crippen molar-refractivity contribution in [2.75, 3.05) is 19.8 Å². The van der Waals surface area contributed by atoms with Gasteiger partial charge in [0.15, 0.2) is 6.29 Å². The molecule has 1 rings (SSSR count). The number of hydrogen-bond donors (Lipinski definition) is 6. The van der Waals surface area contributed by atoms with E-state index in [1.807, 2.05) is 6.08 Å². The first kappa shape index (κ1) is 62.9. The molecule has 67 heavy (non-hydrogen) atoms. The topological polar surface area (TPSA) is 175 Å². The lowest BCUT2D eigenvalue weighted by atomic mass is 9.99. The van der Waals surface area contributed by atoms with Crippen LogP contribution in [0.4, 0.5) is 0 Å². The molecule has 6 N–H and O–H groups in total. The van der Waals surface area contributed by atoms with E-state index in [1.54, 1.807) is 6.08 Å². The molecule has 1 saturated heterocycles. The molecule has 0 spiro atoms. The van der Waals surface area contributed by atoms with Crippen LogP contribution in [-0.2, 0) is 23.8 Å². The largest absolute Gasteiger partial charge is 0.466 e. The summed E-state index contributed by atoms with van der Waals surface area (Å²) in [5, 5.41) is 54.3. The number of carbonyl (C=O) groups excluding carboxylic acids is 2. The molecule has 0 saturated carbocycles. The Morgan fingerprint density at radius 3 is 1.48 bits per heavy atom. The Morgan fingerprint density at radius 2 is 0.970 bits per heavy atom. The van der Waals surface area contributed by atoms with Crippen molar-refractivity contribution in [3.63, 3.8) is 0 Å². The molecule has 11 nitrogen and oxygen atoms in total. The maximum Gasteiger partial charge on any atom is 0.305 e. The van der Waals surface area contributed by atoms with Gasteiger partial charge in [0, 0.05) is 12.8 Å². The van der Waals surface area contributed by atoms with Crippen molar-refractivity contribution in [1.82, 2.24) is 5.32 Å². The Balaban J connectivity index is 2.21. The van der Waals surface area contributed by atoms with Gasteiger partial charge in [-0.2, -0.15) is 0 Å². The van der Waals surface area contributed by atoms with Gasteiger partial charge in [-0.1, -0.05) is 211 Å². The third-order valence-corrected chi connectivity index (χ3v) is 13.0. The standard InChI is InChI=1S/C56H103NO10/c1-3-5-7-9-11-13-15-16-17-19-23-26-30-34-38-42-49(59)48(47-66-56-55(64)54(63)53(62)50(46-58)67-56)57-51(60)43-39-35-31-27-24-20-18-21-25-29-33-37-41-45-65-52(61)44-40-36-32-28-22-14-12-10-8-6-4-2/h15-16,23,26,38,42,48-50,53-56,58-59,62-64H,3-14,17-22,24-25,27-37,39-41,43-47H2,1-2H3,(H,57,60)/b16-15+,26-23+,42-38+. The molecule has 7 atom stereocenters. The lowest BCUT2D eigenvalue weighted by Gasteiger charge is -2.40. The predicted molar refractivity (Wildman–Crippen MR) is 274 cm³/mol. The average Bonchev–Trinajstić information content (AvgIpc) is 3.32. The van der Waals surface area contributed by atoms with Crippen LogP contribution in [0.25, 0.3) is 0 Å². The Hall–Kier alpha value is -2.12. The number of ether oxygens (including phenoxy) is 3. The van der Waals surface area contributed by atoms with Gasteiger partial charge >= 0.3 is 5.97 Å². The summed E-state index contributed by atoms with van der Waals surface area (Å²) in [5.74, 6) is -0.239. The third kappa shape index (κ3) is 36.5. The number of allylic oxidation sites excluding steroid dienone is 5. The van der Waals surface area contributed by atoms with Gasteiger partial charge in [0.1, 0.15) is 24.4 Å². The predicted octanol–water partition coefficient (Wildman–Crippen LogP) is 11.9. The zero-order valence-electron chi connectivity index (χ0n) is 42.9. The fourth-order valence-electron chi connectivity index (χ4n) is 8.52. The quantitative estimate of drug-likeness (QED) is 0.0196. The number of carbonyl (C=O) groups is 2. The second kappa shape index (κ2) is 46.3. The minimum atomic E-state index is -1.58. The molecule has 1 heterocycles. The number of nitrogens with one attached hydrogen (secondary N) is 1. The Morgan fingerprint density at radius 1 is 0.537 bits per heavy atom. The molecular weight excluding hydrogens is 847 g/mol. The van der Waals surface area contributed by atoms with Crippen LogP contribution in [0.5, 0.6) is 0 Å². The molecule has 1 aliphatic rings. The van der Waals surface area contributed by atoms with Crippen molar-refractivity contribution >= 4 is 11.9 Å². The summed E-state index contributed by atoms with van der Waals surface area (Å²) < 4.78 is 16.7. The zero-order chi connectivity index (χ0) is 48.8. The van der Waals surface area contributed by atoms with E-state index in [0.29, 0.717) is 19.4 Å². The van der Waals surface area contributed by atoms with Crippen molar-refractivity contribution in [3.8, 4) is 0 Å². The molecule has 0 aromatic rings. The zero-order valence-corrected chi connectivity index (χ0v) is 42.9.